The lowest BCUT2D eigenvalue weighted by Crippen LogP contribution is -2.47. The molecule has 0 aliphatic carbocycles. The van der Waals surface area contributed by atoms with E-state index in [-0.39, 0.29) is 18.4 Å². The van der Waals surface area contributed by atoms with Gasteiger partial charge in [-0.15, -0.1) is 0 Å². The Kier molecular flexibility index (Phi) is 2.66. The van der Waals surface area contributed by atoms with Crippen molar-refractivity contribution in [1.82, 2.24) is 5.32 Å². The second kappa shape index (κ2) is 3.24. The lowest BCUT2D eigenvalue weighted by atomic mass is 9.82. The van der Waals surface area contributed by atoms with Crippen molar-refractivity contribution in [1.29, 1.82) is 0 Å². The van der Waals surface area contributed by atoms with Crippen LogP contribution in [0.3, 0.4) is 0 Å². The fourth-order valence-corrected chi connectivity index (χ4v) is 1.73. The van der Waals surface area contributed by atoms with Gasteiger partial charge in [-0.2, -0.15) is 13.2 Å². The Balaban J connectivity index is 2.64. The van der Waals surface area contributed by atoms with Crippen LogP contribution in [0.15, 0.2) is 0 Å². The minimum absolute atomic E-state index is 0.0228. The molecule has 0 aromatic carbocycles. The first-order valence-corrected chi connectivity index (χ1v) is 4.23. The minimum atomic E-state index is -4.02. The van der Waals surface area contributed by atoms with E-state index >= 15 is 0 Å². The van der Waals surface area contributed by atoms with Gasteiger partial charge < -0.3 is 5.32 Å². The molecule has 12 heavy (non-hydrogen) atoms. The molecule has 1 heterocycles. The standard InChI is InChI=1S/C8H14F3N/c1-5-6(2)12-4-3-7(5)8(9,10)11/h5-7,12H,3-4H2,1-2H3. The van der Waals surface area contributed by atoms with Crippen LogP contribution in [0.4, 0.5) is 13.2 Å². The number of hydrogen-bond acceptors (Lipinski definition) is 1. The van der Waals surface area contributed by atoms with Crippen LogP contribution in [0.2, 0.25) is 0 Å². The Bertz CT molecular complexity index is 155. The van der Waals surface area contributed by atoms with Gasteiger partial charge in [0.1, 0.15) is 0 Å². The number of alkyl halides is 3. The van der Waals surface area contributed by atoms with Crippen LogP contribution in [0.25, 0.3) is 0 Å². The lowest BCUT2D eigenvalue weighted by Gasteiger charge is -2.35. The summed E-state index contributed by atoms with van der Waals surface area (Å²) in [4.78, 5) is 0. The van der Waals surface area contributed by atoms with E-state index in [4.69, 9.17) is 0 Å². The Labute approximate surface area is 70.3 Å². The molecule has 3 atom stereocenters. The summed E-state index contributed by atoms with van der Waals surface area (Å²) in [6, 6.07) is -0.0228. The number of nitrogens with one attached hydrogen (secondary N) is 1. The predicted octanol–water partition coefficient (Wildman–Crippen LogP) is 2.18. The molecule has 1 N–H and O–H groups in total. The summed E-state index contributed by atoms with van der Waals surface area (Å²) in [6.45, 7) is 3.95. The van der Waals surface area contributed by atoms with E-state index in [2.05, 4.69) is 5.32 Å². The van der Waals surface area contributed by atoms with Crippen LogP contribution in [0.5, 0.6) is 0 Å². The van der Waals surface area contributed by atoms with E-state index in [0.717, 1.165) is 0 Å². The van der Waals surface area contributed by atoms with Gasteiger partial charge in [-0.05, 0) is 25.8 Å². The zero-order valence-electron chi connectivity index (χ0n) is 7.28. The molecule has 0 bridgehead atoms. The average molecular weight is 181 g/mol. The second-order valence-corrected chi connectivity index (χ2v) is 3.54. The fraction of sp³-hybridized carbons (Fsp3) is 1.00. The van der Waals surface area contributed by atoms with Crippen LogP contribution >= 0.6 is 0 Å². The first-order chi connectivity index (χ1) is 5.43. The second-order valence-electron chi connectivity index (χ2n) is 3.54. The molecule has 1 saturated heterocycles. The van der Waals surface area contributed by atoms with Gasteiger partial charge in [-0.25, -0.2) is 0 Å². The number of rotatable bonds is 0. The molecule has 0 spiro atoms. The zero-order valence-corrected chi connectivity index (χ0v) is 7.28. The molecular weight excluding hydrogens is 167 g/mol. The van der Waals surface area contributed by atoms with Crippen LogP contribution in [-0.4, -0.2) is 18.8 Å². The smallest absolute Gasteiger partial charge is 0.314 e. The lowest BCUT2D eigenvalue weighted by molar-refractivity contribution is -0.195. The monoisotopic (exact) mass is 181 g/mol. The number of halogens is 3. The van der Waals surface area contributed by atoms with E-state index in [1.165, 1.54) is 0 Å². The van der Waals surface area contributed by atoms with E-state index in [1.54, 1.807) is 6.92 Å². The molecule has 1 aliphatic heterocycles. The Hall–Kier alpha value is -0.250. The third-order valence-electron chi connectivity index (χ3n) is 2.77. The van der Waals surface area contributed by atoms with Crippen molar-refractivity contribution in [2.45, 2.75) is 32.5 Å². The van der Waals surface area contributed by atoms with Crippen LogP contribution in [-0.2, 0) is 0 Å². The Morgan fingerprint density at radius 2 is 1.83 bits per heavy atom. The SMILES string of the molecule is CC1NCCC(C(F)(F)F)C1C. The molecule has 0 radical (unpaired) electrons. The first kappa shape index (κ1) is 9.84. The van der Waals surface area contributed by atoms with Gasteiger partial charge in [0.2, 0.25) is 0 Å². The summed E-state index contributed by atoms with van der Waals surface area (Å²) in [5.74, 6) is -1.42. The summed E-state index contributed by atoms with van der Waals surface area (Å²) < 4.78 is 37.0. The average Bonchev–Trinajstić information content (AvgIpc) is 1.92. The van der Waals surface area contributed by atoms with Crippen molar-refractivity contribution >= 4 is 0 Å². The normalized spacial score (nSPS) is 38.2. The molecule has 4 heteroatoms. The molecule has 1 rings (SSSR count). The Morgan fingerprint density at radius 3 is 2.25 bits per heavy atom. The molecule has 0 saturated carbocycles. The maximum absolute atomic E-state index is 12.3. The largest absolute Gasteiger partial charge is 0.392 e. The zero-order chi connectivity index (χ0) is 9.35. The highest BCUT2D eigenvalue weighted by Crippen LogP contribution is 2.37. The van der Waals surface area contributed by atoms with Crippen molar-refractivity contribution in [2.75, 3.05) is 6.54 Å². The van der Waals surface area contributed by atoms with Crippen molar-refractivity contribution in [2.24, 2.45) is 11.8 Å². The molecule has 1 fully saturated rings. The Morgan fingerprint density at radius 1 is 1.25 bits per heavy atom. The topological polar surface area (TPSA) is 12.0 Å². The van der Waals surface area contributed by atoms with Gasteiger partial charge in [0, 0.05) is 6.04 Å². The van der Waals surface area contributed by atoms with Crippen LogP contribution in [0.1, 0.15) is 20.3 Å². The molecule has 3 unspecified atom stereocenters. The number of piperidine rings is 1. The summed E-state index contributed by atoms with van der Waals surface area (Å²) in [6.07, 6.45) is -3.80. The molecule has 72 valence electrons. The van der Waals surface area contributed by atoms with Gasteiger partial charge >= 0.3 is 6.18 Å². The maximum atomic E-state index is 12.3. The van der Waals surface area contributed by atoms with Crippen LogP contribution < -0.4 is 5.32 Å². The maximum Gasteiger partial charge on any atom is 0.392 e. The molecule has 0 amide bonds. The van der Waals surface area contributed by atoms with Crippen molar-refractivity contribution in [3.63, 3.8) is 0 Å². The highest BCUT2D eigenvalue weighted by molar-refractivity contribution is 4.85. The minimum Gasteiger partial charge on any atom is -0.314 e. The summed E-state index contributed by atoms with van der Waals surface area (Å²) >= 11 is 0. The third kappa shape index (κ3) is 1.91. The molecular formula is C8H14F3N. The first-order valence-electron chi connectivity index (χ1n) is 4.23. The highest BCUT2D eigenvalue weighted by Gasteiger charge is 2.45. The van der Waals surface area contributed by atoms with Crippen molar-refractivity contribution in [3.8, 4) is 0 Å². The third-order valence-corrected chi connectivity index (χ3v) is 2.77. The fourth-order valence-electron chi connectivity index (χ4n) is 1.73. The van der Waals surface area contributed by atoms with Gasteiger partial charge in [-0.1, -0.05) is 6.92 Å². The quantitative estimate of drug-likeness (QED) is 0.604. The van der Waals surface area contributed by atoms with E-state index in [9.17, 15) is 13.2 Å². The summed E-state index contributed by atoms with van der Waals surface area (Å²) in [7, 11) is 0. The highest BCUT2D eigenvalue weighted by atomic mass is 19.4. The van der Waals surface area contributed by atoms with E-state index < -0.39 is 12.1 Å². The van der Waals surface area contributed by atoms with Gasteiger partial charge in [0.05, 0.1) is 5.92 Å². The summed E-state index contributed by atoms with van der Waals surface area (Å²) in [5.41, 5.74) is 0. The molecule has 1 nitrogen and oxygen atoms in total. The van der Waals surface area contributed by atoms with Crippen LogP contribution in [0, 0.1) is 11.8 Å². The van der Waals surface area contributed by atoms with Crippen molar-refractivity contribution in [3.05, 3.63) is 0 Å². The molecule has 0 aromatic rings. The summed E-state index contributed by atoms with van der Waals surface area (Å²) in [5, 5.41) is 3.03. The van der Waals surface area contributed by atoms with Gasteiger partial charge in [0.15, 0.2) is 0 Å². The predicted molar refractivity (Wildman–Crippen MR) is 40.8 cm³/mol. The van der Waals surface area contributed by atoms with Crippen molar-refractivity contribution < 1.29 is 13.2 Å². The molecule has 0 aromatic heterocycles. The van der Waals surface area contributed by atoms with Gasteiger partial charge in [0.25, 0.3) is 0 Å². The number of hydrogen-bond donors (Lipinski definition) is 1. The van der Waals surface area contributed by atoms with E-state index in [0.29, 0.717) is 6.54 Å². The molecule has 1 aliphatic rings. The van der Waals surface area contributed by atoms with E-state index in [1.807, 2.05) is 6.92 Å². The van der Waals surface area contributed by atoms with Gasteiger partial charge in [-0.3, -0.25) is 0 Å².